The van der Waals surface area contributed by atoms with Crippen molar-refractivity contribution in [3.63, 3.8) is 0 Å². The number of fused-ring (bicyclic) bond motifs is 1. The second-order valence-corrected chi connectivity index (χ2v) is 5.94. The van der Waals surface area contributed by atoms with Crippen LogP contribution in [0.1, 0.15) is 25.0 Å². The SMILES string of the molecule is O=C(NCc1cccc2ccnn12)c1ccc(C(=O)C(F)(F)F)s1. The Bertz CT molecular complexity index is 914. The second-order valence-electron chi connectivity index (χ2n) is 4.86. The Balaban J connectivity index is 1.71. The summed E-state index contributed by atoms with van der Waals surface area (Å²) in [4.78, 5) is 22.7. The number of amides is 1. The maximum Gasteiger partial charge on any atom is 0.455 e. The number of nitrogens with one attached hydrogen (secondary N) is 1. The Labute approximate surface area is 137 Å². The van der Waals surface area contributed by atoms with Crippen LogP contribution in [0.5, 0.6) is 0 Å². The smallest absolute Gasteiger partial charge is 0.346 e. The lowest BCUT2D eigenvalue weighted by Crippen LogP contribution is -2.23. The van der Waals surface area contributed by atoms with Crippen molar-refractivity contribution in [2.75, 3.05) is 0 Å². The van der Waals surface area contributed by atoms with E-state index in [0.717, 1.165) is 11.6 Å². The number of alkyl halides is 3. The predicted molar refractivity (Wildman–Crippen MR) is 81.1 cm³/mol. The average molecular weight is 353 g/mol. The molecule has 0 fully saturated rings. The van der Waals surface area contributed by atoms with E-state index in [-0.39, 0.29) is 11.4 Å². The van der Waals surface area contributed by atoms with Gasteiger partial charge in [-0.25, -0.2) is 4.52 Å². The van der Waals surface area contributed by atoms with E-state index >= 15 is 0 Å². The number of hydrogen-bond acceptors (Lipinski definition) is 4. The first-order valence-electron chi connectivity index (χ1n) is 6.77. The summed E-state index contributed by atoms with van der Waals surface area (Å²) in [7, 11) is 0. The largest absolute Gasteiger partial charge is 0.455 e. The summed E-state index contributed by atoms with van der Waals surface area (Å²) in [5.74, 6) is -2.50. The maximum absolute atomic E-state index is 12.4. The molecule has 3 aromatic heterocycles. The van der Waals surface area contributed by atoms with Crippen molar-refractivity contribution in [1.82, 2.24) is 14.9 Å². The number of Topliss-reactive ketones (excluding diaryl/α,β-unsaturated/α-hetero) is 1. The Morgan fingerprint density at radius 1 is 1.12 bits per heavy atom. The van der Waals surface area contributed by atoms with Gasteiger partial charge < -0.3 is 5.32 Å². The number of carbonyl (C=O) groups excluding carboxylic acids is 2. The number of carbonyl (C=O) groups is 2. The van der Waals surface area contributed by atoms with E-state index in [4.69, 9.17) is 0 Å². The van der Waals surface area contributed by atoms with Crippen LogP contribution in [0.4, 0.5) is 13.2 Å². The minimum absolute atomic E-state index is 0.0373. The molecule has 24 heavy (non-hydrogen) atoms. The summed E-state index contributed by atoms with van der Waals surface area (Å²) in [6.45, 7) is 0.151. The zero-order valence-electron chi connectivity index (χ0n) is 12.0. The molecule has 9 heteroatoms. The van der Waals surface area contributed by atoms with Crippen LogP contribution in [0, 0.1) is 0 Å². The minimum Gasteiger partial charge on any atom is -0.346 e. The van der Waals surface area contributed by atoms with E-state index in [2.05, 4.69) is 10.4 Å². The molecule has 124 valence electrons. The third-order valence-electron chi connectivity index (χ3n) is 3.24. The summed E-state index contributed by atoms with van der Waals surface area (Å²) in [5.41, 5.74) is 1.57. The Hall–Kier alpha value is -2.68. The van der Waals surface area contributed by atoms with Crippen molar-refractivity contribution >= 4 is 28.5 Å². The number of rotatable bonds is 4. The van der Waals surface area contributed by atoms with Crippen molar-refractivity contribution in [2.24, 2.45) is 0 Å². The molecule has 3 heterocycles. The lowest BCUT2D eigenvalue weighted by Gasteiger charge is -2.06. The number of pyridine rings is 1. The molecule has 0 spiro atoms. The van der Waals surface area contributed by atoms with E-state index in [0.29, 0.717) is 17.0 Å². The number of hydrogen-bond donors (Lipinski definition) is 1. The number of thiophene rings is 1. The normalized spacial score (nSPS) is 11.6. The fourth-order valence-corrected chi connectivity index (χ4v) is 3.00. The van der Waals surface area contributed by atoms with Crippen LogP contribution in [0.3, 0.4) is 0 Å². The van der Waals surface area contributed by atoms with Crippen LogP contribution in [0.2, 0.25) is 0 Å². The third kappa shape index (κ3) is 3.16. The lowest BCUT2D eigenvalue weighted by molar-refractivity contribution is -0.0882. The standard InChI is InChI=1S/C15H10F3N3O2S/c16-15(17,18)13(22)11-4-5-12(24-11)14(23)19-8-10-3-1-2-9-6-7-20-21(9)10/h1-7H,8H2,(H,19,23). The second kappa shape index (κ2) is 6.08. The van der Waals surface area contributed by atoms with E-state index in [1.165, 1.54) is 6.07 Å². The topological polar surface area (TPSA) is 63.5 Å². The van der Waals surface area contributed by atoms with Crippen LogP contribution in [-0.4, -0.2) is 27.5 Å². The van der Waals surface area contributed by atoms with E-state index < -0.39 is 22.7 Å². The van der Waals surface area contributed by atoms with Crippen LogP contribution in [0.25, 0.3) is 5.52 Å². The van der Waals surface area contributed by atoms with Crippen LogP contribution < -0.4 is 5.32 Å². The Morgan fingerprint density at radius 2 is 1.88 bits per heavy atom. The van der Waals surface area contributed by atoms with Gasteiger partial charge in [0.25, 0.3) is 11.7 Å². The lowest BCUT2D eigenvalue weighted by atomic mass is 10.3. The number of ketones is 1. The maximum atomic E-state index is 12.4. The summed E-state index contributed by atoms with van der Waals surface area (Å²) in [6, 6.07) is 9.44. The fourth-order valence-electron chi connectivity index (χ4n) is 2.12. The Kier molecular flexibility index (Phi) is 4.10. The molecule has 3 aromatic rings. The van der Waals surface area contributed by atoms with Gasteiger partial charge in [-0.1, -0.05) is 6.07 Å². The van der Waals surface area contributed by atoms with Gasteiger partial charge >= 0.3 is 6.18 Å². The summed E-state index contributed by atoms with van der Waals surface area (Å²) in [5, 5.41) is 6.73. The molecule has 0 aliphatic heterocycles. The third-order valence-corrected chi connectivity index (χ3v) is 4.32. The zero-order chi connectivity index (χ0) is 17.3. The van der Waals surface area contributed by atoms with Gasteiger partial charge in [0.05, 0.1) is 27.5 Å². The zero-order valence-corrected chi connectivity index (χ0v) is 12.8. The molecule has 0 bridgehead atoms. The van der Waals surface area contributed by atoms with Crippen LogP contribution in [0.15, 0.2) is 42.6 Å². The van der Waals surface area contributed by atoms with Gasteiger partial charge in [0.2, 0.25) is 0 Å². The van der Waals surface area contributed by atoms with Crippen LogP contribution >= 0.6 is 11.3 Å². The first-order chi connectivity index (χ1) is 11.4. The van der Waals surface area contributed by atoms with Crippen molar-refractivity contribution in [2.45, 2.75) is 12.7 Å². The van der Waals surface area contributed by atoms with Gasteiger partial charge in [0.1, 0.15) is 0 Å². The molecule has 1 N–H and O–H groups in total. The fraction of sp³-hybridized carbons (Fsp3) is 0.133. The highest BCUT2D eigenvalue weighted by atomic mass is 32.1. The molecule has 0 saturated heterocycles. The first-order valence-corrected chi connectivity index (χ1v) is 7.59. The van der Waals surface area contributed by atoms with Crippen LogP contribution in [-0.2, 0) is 6.54 Å². The van der Waals surface area contributed by atoms with Gasteiger partial charge in [0.15, 0.2) is 0 Å². The van der Waals surface area contributed by atoms with E-state index in [9.17, 15) is 22.8 Å². The molecule has 0 unspecified atom stereocenters. The molecule has 0 radical (unpaired) electrons. The predicted octanol–water partition coefficient (Wildman–Crippen LogP) is 3.07. The number of halogens is 3. The monoisotopic (exact) mass is 353 g/mol. The average Bonchev–Trinajstić information content (AvgIpc) is 3.19. The molecule has 0 aromatic carbocycles. The molecule has 5 nitrogen and oxygen atoms in total. The summed E-state index contributed by atoms with van der Waals surface area (Å²) >= 11 is 0.512. The summed E-state index contributed by atoms with van der Waals surface area (Å²) in [6.07, 6.45) is -3.33. The number of nitrogens with zero attached hydrogens (tertiary/aromatic N) is 2. The van der Waals surface area contributed by atoms with Crippen molar-refractivity contribution in [1.29, 1.82) is 0 Å². The number of aromatic nitrogens is 2. The molecule has 0 aliphatic carbocycles. The van der Waals surface area contributed by atoms with E-state index in [1.54, 1.807) is 22.8 Å². The molecular formula is C15H10F3N3O2S. The molecule has 0 atom stereocenters. The van der Waals surface area contributed by atoms with Gasteiger partial charge in [-0.05, 0) is 30.3 Å². The van der Waals surface area contributed by atoms with Crippen molar-refractivity contribution in [3.8, 4) is 0 Å². The highest BCUT2D eigenvalue weighted by molar-refractivity contribution is 7.16. The first kappa shape index (κ1) is 16.2. The highest BCUT2D eigenvalue weighted by Crippen LogP contribution is 2.26. The molecule has 0 saturated carbocycles. The van der Waals surface area contributed by atoms with Crippen molar-refractivity contribution < 1.29 is 22.8 Å². The molecule has 0 aliphatic rings. The van der Waals surface area contributed by atoms with Gasteiger partial charge in [-0.15, -0.1) is 11.3 Å². The minimum atomic E-state index is -4.95. The Morgan fingerprint density at radius 3 is 2.62 bits per heavy atom. The quantitative estimate of drug-likeness (QED) is 0.733. The highest BCUT2D eigenvalue weighted by Gasteiger charge is 2.40. The molecular weight excluding hydrogens is 343 g/mol. The molecule has 3 rings (SSSR count). The molecule has 1 amide bonds. The summed E-state index contributed by atoms with van der Waals surface area (Å²) < 4.78 is 38.8. The van der Waals surface area contributed by atoms with E-state index in [1.807, 2.05) is 12.1 Å². The van der Waals surface area contributed by atoms with Crippen molar-refractivity contribution in [3.05, 3.63) is 58.0 Å². The van der Waals surface area contributed by atoms with Gasteiger partial charge in [-0.2, -0.15) is 18.3 Å². The van der Waals surface area contributed by atoms with Gasteiger partial charge in [-0.3, -0.25) is 9.59 Å². The van der Waals surface area contributed by atoms with Gasteiger partial charge in [0, 0.05) is 6.20 Å².